The molecule has 4 heterocycles. The number of aromatic hydroxyl groups is 2. The highest BCUT2D eigenvalue weighted by atomic mass is 33.1. The standard InChI is InChI=1S/C82H120N28O17S2/c1-43(2)66-78(126)98-44(3)68(116)102-55(15-7-8-28-83)72(120)105-58(33-46-20-24-50(112)25-21-46)73(121)106-60(36-49-38-91-42-97-49)69(117)96-39-65(114)100-61(34-47-22-26-51(113)27-23-47)79(127)110-32-12-19-64(110)77(125)107-59(35-48-37-95-53-14-6-5-13-52(48)53)74(122)108-63(41-129-128-40-62(76(124)109-66)99-45(4)111)75(123)104-57(18-11-31-94-82(89)90)71(119)103-56(17-10-30-93-81(87)88)70(118)101-54(67(84)115)16-9-29-92-80(85)86/h5-6,13-14,20-27,37-38,42-44,54-64,66,95,112-113H,7-12,15-19,28-36,39-41,83H2,1-4H3,(H2,84,115)(H,91,97)(H,96,117)(H,98,126)(H,99,111)(H,100,114)(H,101,118)(H,102,116)(H,103,119)(H,104,123)(H,105,120)(H,106,121)(H,107,125)(H,108,122)(H,109,124)(H4,85,86,92)(H4,87,88,93)(H4,89,90,94)/t44-,54-,55-,56-,57-,58-,59-,60-,61-,62-,63-,64-,66-/m0/s1. The van der Waals surface area contributed by atoms with Crippen LogP contribution in [0, 0.1) is 22.1 Å². The molecule has 0 bridgehead atoms. The molecule has 129 heavy (non-hydrogen) atoms. The lowest BCUT2D eigenvalue weighted by Gasteiger charge is -2.30. The number of primary amides is 1. The van der Waals surface area contributed by atoms with E-state index in [1.165, 1.54) is 72.9 Å². The van der Waals surface area contributed by atoms with Gasteiger partial charge in [0.15, 0.2) is 17.9 Å². The molecule has 0 radical (unpaired) electrons. The molecule has 0 unspecified atom stereocenters. The zero-order valence-electron chi connectivity index (χ0n) is 72.1. The van der Waals surface area contributed by atoms with Gasteiger partial charge in [0.1, 0.15) is 90.0 Å². The maximum Gasteiger partial charge on any atom is 0.246 e. The molecule has 2 fully saturated rings. The minimum atomic E-state index is -1.74. The van der Waals surface area contributed by atoms with Crippen LogP contribution < -0.4 is 114 Å². The Balaban J connectivity index is 1.31. The van der Waals surface area contributed by atoms with Crippen LogP contribution in [0.15, 0.2) is 91.5 Å². The third-order valence-electron chi connectivity index (χ3n) is 21.0. The van der Waals surface area contributed by atoms with Crippen molar-refractivity contribution in [2.45, 2.75) is 203 Å². The number of phenols is 2. The number of nitrogens with zero attached hydrogens (tertiary/aromatic N) is 2. The van der Waals surface area contributed by atoms with Gasteiger partial charge in [-0.25, -0.2) is 4.98 Å². The van der Waals surface area contributed by atoms with Crippen molar-refractivity contribution in [1.29, 1.82) is 16.2 Å². The third-order valence-corrected chi connectivity index (χ3v) is 23.4. The Morgan fingerprint density at radius 3 is 1.67 bits per heavy atom. The molecule has 2 saturated heterocycles. The maximum atomic E-state index is 15.7. The highest BCUT2D eigenvalue weighted by Gasteiger charge is 2.42. The van der Waals surface area contributed by atoms with Crippen molar-refractivity contribution < 1.29 is 82.1 Å². The van der Waals surface area contributed by atoms with Crippen molar-refractivity contribution in [3.05, 3.63) is 114 Å². The van der Waals surface area contributed by atoms with E-state index in [4.69, 9.17) is 44.9 Å². The Hall–Kier alpha value is -13.5. The minimum Gasteiger partial charge on any atom is -0.508 e. The van der Waals surface area contributed by atoms with E-state index in [0.29, 0.717) is 39.7 Å². The summed E-state index contributed by atoms with van der Waals surface area (Å²) in [6.07, 6.45) is 3.72. The zero-order chi connectivity index (χ0) is 94.4. The number of carbonyl (C=O) groups is 15. The molecule has 2 aliphatic heterocycles. The highest BCUT2D eigenvalue weighted by molar-refractivity contribution is 8.76. The molecule has 47 heteroatoms. The fourth-order valence-corrected chi connectivity index (χ4v) is 16.4. The van der Waals surface area contributed by atoms with Gasteiger partial charge in [0.25, 0.3) is 0 Å². The van der Waals surface area contributed by atoms with Crippen molar-refractivity contribution in [2.75, 3.05) is 50.8 Å². The monoisotopic (exact) mass is 1830 g/mol. The van der Waals surface area contributed by atoms with Crippen molar-refractivity contribution in [3.8, 4) is 11.5 Å². The number of imidazole rings is 1. The summed E-state index contributed by atoms with van der Waals surface area (Å²) in [5, 5.41) is 86.6. The van der Waals surface area contributed by atoms with Crippen LogP contribution in [-0.2, 0) is 97.6 Å². The Labute approximate surface area is 751 Å². The first-order chi connectivity index (χ1) is 61.5. The third kappa shape index (κ3) is 34.3. The summed E-state index contributed by atoms with van der Waals surface area (Å²) < 4.78 is 0. The number of fused-ring (bicyclic) bond motifs is 2. The van der Waals surface area contributed by atoms with Crippen LogP contribution in [0.3, 0.4) is 0 Å². The average Bonchev–Trinajstić information content (AvgIpc) is 1.68. The van der Waals surface area contributed by atoms with E-state index in [2.05, 4.69) is 100 Å². The predicted octanol–water partition coefficient (Wildman–Crippen LogP) is -5.01. The molecule has 2 aromatic heterocycles. The predicted molar refractivity (Wildman–Crippen MR) is 479 cm³/mol. The molecular formula is C82H120N28O17S2. The maximum absolute atomic E-state index is 15.7. The lowest BCUT2D eigenvalue weighted by atomic mass is 10.0. The van der Waals surface area contributed by atoms with Crippen molar-refractivity contribution >= 4 is 139 Å². The first kappa shape index (κ1) is 103. The number of nitrogens with one attached hydrogen (secondary N) is 21. The number of benzene rings is 3. The van der Waals surface area contributed by atoms with E-state index in [-0.39, 0.29) is 146 Å². The average molecular weight is 1830 g/mol. The van der Waals surface area contributed by atoms with Crippen molar-refractivity contribution in [1.82, 2.24) is 105 Å². The molecule has 0 saturated carbocycles. The molecule has 33 N–H and O–H groups in total. The molecule has 13 atom stereocenters. The number of phenolic OH excluding ortho intramolecular Hbond substituents is 2. The first-order valence-corrected chi connectivity index (χ1v) is 44.7. The van der Waals surface area contributed by atoms with E-state index in [9.17, 15) is 63.0 Å². The van der Waals surface area contributed by atoms with Gasteiger partial charge in [-0.3, -0.25) is 88.1 Å². The molecule has 702 valence electrons. The normalized spacial score (nSPS) is 21.4. The van der Waals surface area contributed by atoms with Crippen LogP contribution in [-0.4, -0.2) is 266 Å². The van der Waals surface area contributed by atoms with Gasteiger partial charge in [-0.05, 0) is 137 Å². The lowest BCUT2D eigenvalue weighted by molar-refractivity contribution is -0.142. The number of aromatic amines is 2. The molecule has 2 aliphatic rings. The number of nitrogens with two attached hydrogens (primary N) is 5. The van der Waals surface area contributed by atoms with Crippen molar-refractivity contribution in [2.24, 2.45) is 34.6 Å². The van der Waals surface area contributed by atoms with E-state index in [1.807, 2.05) is 0 Å². The second-order valence-corrected chi connectivity index (χ2v) is 34.1. The first-order valence-electron chi connectivity index (χ1n) is 42.2. The molecule has 7 rings (SSSR count). The fraction of sp³-hybridized carbons (Fsp3) is 0.500. The number of aromatic nitrogens is 3. The number of hydrogen-bond donors (Lipinski definition) is 28. The van der Waals surface area contributed by atoms with Gasteiger partial charge < -0.3 is 139 Å². The van der Waals surface area contributed by atoms with Crippen LogP contribution in [0.1, 0.15) is 121 Å². The number of hydrogen-bond acceptors (Lipinski definition) is 24. The second-order valence-electron chi connectivity index (χ2n) is 31.5. The Bertz CT molecular complexity index is 4720. The minimum absolute atomic E-state index is 0.000417. The number of unbranched alkanes of at least 4 members (excludes halogenated alkanes) is 1. The van der Waals surface area contributed by atoms with Crippen LogP contribution in [0.25, 0.3) is 10.9 Å². The Morgan fingerprint density at radius 1 is 0.566 bits per heavy atom. The topological polar surface area (TPSA) is 738 Å². The van der Waals surface area contributed by atoms with Crippen LogP contribution in [0.2, 0.25) is 0 Å². The molecule has 45 nitrogen and oxygen atoms in total. The number of rotatable bonds is 33. The van der Waals surface area contributed by atoms with Gasteiger partial charge in [-0.1, -0.05) is 77.9 Å². The Kier molecular flexibility index (Phi) is 41.3. The van der Waals surface area contributed by atoms with Gasteiger partial charge >= 0.3 is 0 Å². The summed E-state index contributed by atoms with van der Waals surface area (Å²) in [6.45, 7) is 4.96. The molecule has 0 spiro atoms. The summed E-state index contributed by atoms with van der Waals surface area (Å²) >= 11 is 0. The number of carbonyl (C=O) groups excluding carboxylic acids is 15. The van der Waals surface area contributed by atoms with Gasteiger partial charge in [0.2, 0.25) is 88.6 Å². The highest BCUT2D eigenvalue weighted by Crippen LogP contribution is 2.27. The zero-order valence-corrected chi connectivity index (χ0v) is 73.8. The lowest BCUT2D eigenvalue weighted by Crippen LogP contribution is -2.61. The summed E-state index contributed by atoms with van der Waals surface area (Å²) in [7, 11) is 1.77. The molecular weight excluding hydrogens is 1710 g/mol. The second kappa shape index (κ2) is 52.0. The summed E-state index contributed by atoms with van der Waals surface area (Å²) in [5.41, 5.74) is 30.5. The van der Waals surface area contributed by atoms with Gasteiger partial charge in [-0.2, -0.15) is 0 Å². The SMILES string of the molecule is CC(=O)N[C@H]1CSSC[C@@H](C(=O)N[C@@H](CCCNC(=N)N)C(=O)N[C@@H](CCCNC(=N)N)C(=O)N[C@@H](CCCNC(=N)N)C(N)=O)NC(=O)[C@H](Cc2c[nH]c3ccccc23)NC(=O)[C@@H]2CCCN2C(=O)[C@H](Cc2ccc(O)cc2)NC(=O)CNC(=O)[C@H](Cc2cnc[nH]2)NC(=O)[C@H](Cc2ccc(O)cc2)NC(=O)[C@H](CCCCN)NC(=O)[C@H](C)NC(=O)[C@H](C(C)C)NC1=O. The molecule has 5 aromatic rings. The van der Waals surface area contributed by atoms with E-state index < -0.39 is 197 Å². The molecule has 3 aromatic carbocycles. The number of H-pyrrole nitrogens is 2. The summed E-state index contributed by atoms with van der Waals surface area (Å²) in [4.78, 5) is 231. The Morgan fingerprint density at radius 2 is 1.10 bits per heavy atom. The van der Waals surface area contributed by atoms with Gasteiger partial charge in [0, 0.05) is 99.3 Å². The quantitative estimate of drug-likeness (QED) is 0.00809. The number of guanidine groups is 3. The summed E-state index contributed by atoms with van der Waals surface area (Å²) in [5.74, 6) is -16.7. The van der Waals surface area contributed by atoms with E-state index >= 15 is 19.2 Å². The largest absolute Gasteiger partial charge is 0.508 e. The van der Waals surface area contributed by atoms with Crippen LogP contribution in [0.5, 0.6) is 11.5 Å². The number of para-hydroxylation sites is 1. The van der Waals surface area contributed by atoms with E-state index in [1.54, 1.807) is 44.3 Å². The van der Waals surface area contributed by atoms with Gasteiger partial charge in [0.05, 0.1) is 12.9 Å². The van der Waals surface area contributed by atoms with Crippen LogP contribution in [0.4, 0.5) is 0 Å². The fourth-order valence-electron chi connectivity index (χ4n) is 14.1. The number of amides is 15. The van der Waals surface area contributed by atoms with Crippen LogP contribution >= 0.6 is 21.6 Å². The van der Waals surface area contributed by atoms with E-state index in [0.717, 1.165) is 28.5 Å². The van der Waals surface area contributed by atoms with Crippen molar-refractivity contribution in [3.63, 3.8) is 0 Å². The smallest absolute Gasteiger partial charge is 0.246 e. The molecule has 15 amide bonds. The molecule has 0 aliphatic carbocycles. The summed E-state index contributed by atoms with van der Waals surface area (Å²) in [6, 6.07) is -1.18. The van der Waals surface area contributed by atoms with Gasteiger partial charge in [-0.15, -0.1) is 0 Å².